The van der Waals surface area contributed by atoms with E-state index >= 15 is 0 Å². The summed E-state index contributed by atoms with van der Waals surface area (Å²) in [6, 6.07) is -0.907. The number of amides is 1. The Balaban J connectivity index is 4.02. The quantitative estimate of drug-likeness (QED) is 0.0272. The average Bonchev–Trinajstić information content (AvgIpc) is 3.43. The topological polar surface area (TPSA) is 108 Å². The van der Waals surface area contributed by atoms with Gasteiger partial charge in [0, 0.05) is 6.42 Å². The summed E-state index contributed by atoms with van der Waals surface area (Å²) in [5.41, 5.74) is 0. The van der Waals surface area contributed by atoms with E-state index in [1.165, 1.54) is 205 Å². The minimum absolute atomic E-state index is 0.00767. The van der Waals surface area contributed by atoms with Crippen LogP contribution >= 0.6 is 7.82 Å². The van der Waals surface area contributed by atoms with E-state index in [1.54, 1.807) is 6.08 Å². The summed E-state index contributed by atoms with van der Waals surface area (Å²) in [4.78, 5) is 25.6. The van der Waals surface area contributed by atoms with Gasteiger partial charge in [-0.15, -0.1) is 0 Å². The van der Waals surface area contributed by atoms with Crippen LogP contribution in [0.15, 0.2) is 97.2 Å². The summed E-state index contributed by atoms with van der Waals surface area (Å²) in [7, 11) is 1.25. The van der Waals surface area contributed by atoms with E-state index in [4.69, 9.17) is 9.05 Å². The van der Waals surface area contributed by atoms with Crippen molar-refractivity contribution in [2.24, 2.45) is 0 Å². The number of unbranched alkanes of at least 4 members (excludes halogenated alkanes) is 35. The molecule has 8 nitrogen and oxygen atoms in total. The molecule has 81 heavy (non-hydrogen) atoms. The maximum Gasteiger partial charge on any atom is 0.268 e. The summed E-state index contributed by atoms with van der Waals surface area (Å²) >= 11 is 0. The van der Waals surface area contributed by atoms with Gasteiger partial charge in [0.15, 0.2) is 0 Å². The van der Waals surface area contributed by atoms with E-state index in [9.17, 15) is 19.4 Å². The van der Waals surface area contributed by atoms with Gasteiger partial charge in [0.25, 0.3) is 7.82 Å². The Morgan fingerprint density at radius 3 is 1.15 bits per heavy atom. The monoisotopic (exact) mass is 1150 g/mol. The fraction of sp³-hybridized carbons (Fsp3) is 0.764. The first kappa shape index (κ1) is 78.4. The smallest absolute Gasteiger partial charge is 0.268 e. The van der Waals surface area contributed by atoms with Gasteiger partial charge < -0.3 is 28.8 Å². The summed E-state index contributed by atoms with van der Waals surface area (Å²) in [6.07, 6.45) is 89.6. The van der Waals surface area contributed by atoms with Crippen molar-refractivity contribution in [1.82, 2.24) is 5.32 Å². The Labute approximate surface area is 502 Å². The predicted molar refractivity (Wildman–Crippen MR) is 353 cm³/mol. The molecule has 0 aromatic heterocycles. The molecule has 0 aromatic rings. The van der Waals surface area contributed by atoms with Gasteiger partial charge in [0.05, 0.1) is 39.9 Å². The Hall–Kier alpha value is -2.58. The third-order valence-electron chi connectivity index (χ3n) is 15.0. The van der Waals surface area contributed by atoms with E-state index in [2.05, 4.69) is 104 Å². The highest BCUT2D eigenvalue weighted by Crippen LogP contribution is 2.38. The molecular formula is C72H131N2O6P. The molecule has 0 aliphatic rings. The summed E-state index contributed by atoms with van der Waals surface area (Å²) in [5.74, 6) is -0.205. The molecule has 3 unspecified atom stereocenters. The van der Waals surface area contributed by atoms with Crippen molar-refractivity contribution in [3.8, 4) is 0 Å². The molecule has 470 valence electrons. The number of carbonyl (C=O) groups is 1. The van der Waals surface area contributed by atoms with Gasteiger partial charge >= 0.3 is 0 Å². The SMILES string of the molecule is CC/C=C\C/C=C\C/C=C\C/C=C\C/C=C\C/C=C\CCCCCCCCCCCCCCCCCCCCCCC(=O)NC(COP(=O)([O-])OCC[N+](C)(C)C)C(O)/C=C/CC/C=C/CCCCCCCCCCCCCCCC. The molecule has 2 N–H and O–H groups in total. The number of hydrogen-bond acceptors (Lipinski definition) is 6. The zero-order valence-corrected chi connectivity index (χ0v) is 54.6. The molecule has 0 aliphatic carbocycles. The highest BCUT2D eigenvalue weighted by molar-refractivity contribution is 7.45. The van der Waals surface area contributed by atoms with Crippen LogP contribution in [-0.2, 0) is 18.4 Å². The minimum Gasteiger partial charge on any atom is -0.756 e. The zero-order chi connectivity index (χ0) is 59.1. The molecule has 0 radical (unpaired) electrons. The summed E-state index contributed by atoms with van der Waals surface area (Å²) < 4.78 is 23.4. The molecule has 3 atom stereocenters. The van der Waals surface area contributed by atoms with Crippen molar-refractivity contribution in [1.29, 1.82) is 0 Å². The van der Waals surface area contributed by atoms with Crippen molar-refractivity contribution in [2.45, 2.75) is 315 Å². The molecule has 0 saturated heterocycles. The first-order valence-electron chi connectivity index (χ1n) is 34.1. The number of hydrogen-bond donors (Lipinski definition) is 2. The molecule has 9 heteroatoms. The van der Waals surface area contributed by atoms with E-state index < -0.39 is 26.6 Å². The predicted octanol–water partition coefficient (Wildman–Crippen LogP) is 21.1. The van der Waals surface area contributed by atoms with Gasteiger partial charge in [0.2, 0.25) is 5.91 Å². The van der Waals surface area contributed by atoms with Gasteiger partial charge in [-0.05, 0) is 83.5 Å². The molecule has 1 amide bonds. The average molecular weight is 1150 g/mol. The molecule has 0 aromatic carbocycles. The van der Waals surface area contributed by atoms with Gasteiger partial charge in [-0.1, -0.05) is 310 Å². The largest absolute Gasteiger partial charge is 0.756 e. The fourth-order valence-corrected chi connectivity index (χ4v) is 10.5. The molecule has 0 bridgehead atoms. The minimum atomic E-state index is -4.61. The van der Waals surface area contributed by atoms with Gasteiger partial charge in [-0.2, -0.15) is 0 Å². The fourth-order valence-electron chi connectivity index (χ4n) is 9.76. The number of nitrogens with zero attached hydrogens (tertiary/aromatic N) is 1. The number of phosphoric acid groups is 1. The van der Waals surface area contributed by atoms with Crippen LogP contribution in [0.5, 0.6) is 0 Å². The first-order chi connectivity index (χ1) is 39.5. The van der Waals surface area contributed by atoms with Crippen LogP contribution in [0.4, 0.5) is 0 Å². The number of phosphoric ester groups is 1. The van der Waals surface area contributed by atoms with E-state index in [-0.39, 0.29) is 12.5 Å². The molecule has 0 saturated carbocycles. The number of allylic oxidation sites excluding steroid dienone is 15. The lowest BCUT2D eigenvalue weighted by Crippen LogP contribution is -2.45. The van der Waals surface area contributed by atoms with Crippen LogP contribution in [0.25, 0.3) is 0 Å². The second kappa shape index (κ2) is 62.0. The lowest BCUT2D eigenvalue weighted by atomic mass is 10.0. The number of quaternary nitrogens is 1. The lowest BCUT2D eigenvalue weighted by Gasteiger charge is -2.29. The normalized spacial score (nSPS) is 14.3. The van der Waals surface area contributed by atoms with Crippen LogP contribution in [0, 0.1) is 0 Å². The van der Waals surface area contributed by atoms with Crippen LogP contribution in [-0.4, -0.2) is 68.5 Å². The van der Waals surface area contributed by atoms with Gasteiger partial charge in [-0.25, -0.2) is 0 Å². The van der Waals surface area contributed by atoms with Crippen LogP contribution in [0.1, 0.15) is 303 Å². The highest BCUT2D eigenvalue weighted by atomic mass is 31.2. The van der Waals surface area contributed by atoms with Crippen molar-refractivity contribution >= 4 is 13.7 Å². The van der Waals surface area contributed by atoms with E-state index in [0.717, 1.165) is 77.0 Å². The zero-order valence-electron chi connectivity index (χ0n) is 53.7. The van der Waals surface area contributed by atoms with Crippen LogP contribution < -0.4 is 10.2 Å². The number of aliphatic hydroxyl groups excluding tert-OH is 1. The first-order valence-corrected chi connectivity index (χ1v) is 35.6. The molecule has 0 fully saturated rings. The van der Waals surface area contributed by atoms with Crippen LogP contribution in [0.2, 0.25) is 0 Å². The van der Waals surface area contributed by atoms with Crippen molar-refractivity contribution in [3.05, 3.63) is 97.2 Å². The third-order valence-corrected chi connectivity index (χ3v) is 16.0. The Morgan fingerprint density at radius 1 is 0.444 bits per heavy atom. The molecular weight excluding hydrogens is 1020 g/mol. The van der Waals surface area contributed by atoms with Crippen molar-refractivity contribution in [2.75, 3.05) is 40.9 Å². The highest BCUT2D eigenvalue weighted by Gasteiger charge is 2.23. The Bertz CT molecular complexity index is 1640. The van der Waals surface area contributed by atoms with Gasteiger partial charge in [0.1, 0.15) is 13.2 Å². The van der Waals surface area contributed by atoms with Crippen LogP contribution in [0.3, 0.4) is 0 Å². The molecule has 0 rings (SSSR count). The molecule has 0 spiro atoms. The number of rotatable bonds is 62. The number of nitrogens with one attached hydrogen (secondary N) is 1. The standard InChI is InChI=1S/C72H131N2O6P/c1-6-8-10-12-14-16-18-20-22-24-26-28-29-30-31-32-33-34-35-36-37-38-39-40-41-42-43-44-45-46-48-50-52-54-56-58-60-62-64-66-72(76)73-70(69-80-81(77,78)79-68-67-74(3,4)5)71(75)65-63-61-59-57-55-53-51-49-47-27-25-23-21-19-17-15-13-11-9-7-2/h8,10,14,16,20,22,26,28,30-31,33-34,55,57,63,65,70-71,75H,6-7,9,11-13,15,17-19,21,23-25,27,29,32,35-54,56,58-62,64,66-69H2,1-5H3,(H-,73,76,77,78)/b10-8-,16-14-,22-20-,28-26-,31-30-,34-33-,57-55+,65-63+. The number of likely N-dealkylation sites (N-methyl/N-ethyl adjacent to an activating group) is 1. The maximum atomic E-state index is 13.0. The van der Waals surface area contributed by atoms with Crippen molar-refractivity contribution in [3.63, 3.8) is 0 Å². The Morgan fingerprint density at radius 2 is 0.765 bits per heavy atom. The number of carbonyl (C=O) groups excluding carboxylic acids is 1. The lowest BCUT2D eigenvalue weighted by molar-refractivity contribution is -0.870. The summed E-state index contributed by atoms with van der Waals surface area (Å²) in [5, 5.41) is 13.9. The maximum absolute atomic E-state index is 13.0. The van der Waals surface area contributed by atoms with E-state index in [0.29, 0.717) is 17.4 Å². The van der Waals surface area contributed by atoms with E-state index in [1.807, 2.05) is 27.2 Å². The second-order valence-electron chi connectivity index (χ2n) is 24.1. The van der Waals surface area contributed by atoms with Crippen molar-refractivity contribution < 1.29 is 32.9 Å². The number of aliphatic hydroxyl groups is 1. The van der Waals surface area contributed by atoms with Gasteiger partial charge in [-0.3, -0.25) is 9.36 Å². The second-order valence-corrected chi connectivity index (χ2v) is 25.6. The Kier molecular flexibility index (Phi) is 60.0. The summed E-state index contributed by atoms with van der Waals surface area (Å²) in [6.45, 7) is 4.54. The molecule has 0 heterocycles. The molecule has 0 aliphatic heterocycles. The third kappa shape index (κ3) is 64.8.